The molecule has 0 aliphatic carbocycles. The van der Waals surface area contributed by atoms with Crippen LogP contribution in [0, 0.1) is 18.8 Å². The summed E-state index contributed by atoms with van der Waals surface area (Å²) in [5.41, 5.74) is 2.10. The van der Waals surface area contributed by atoms with Crippen molar-refractivity contribution in [3.63, 3.8) is 0 Å². The highest BCUT2D eigenvalue weighted by Gasteiger charge is 2.23. The Labute approximate surface area is 120 Å². The monoisotopic (exact) mass is 280 g/mol. The fourth-order valence-corrected chi connectivity index (χ4v) is 2.65. The van der Waals surface area contributed by atoms with Gasteiger partial charge in [-0.25, -0.2) is 0 Å². The van der Waals surface area contributed by atoms with Gasteiger partial charge in [-0.2, -0.15) is 11.8 Å². The van der Waals surface area contributed by atoms with E-state index in [2.05, 4.69) is 24.1 Å². The van der Waals surface area contributed by atoms with Crippen LogP contribution >= 0.6 is 11.8 Å². The SMILES string of the molecule is CSC[C@H](C)C(=O)N[C@@H](c1ncccc1C)C(C)C. The van der Waals surface area contributed by atoms with Crippen molar-refractivity contribution < 1.29 is 4.79 Å². The number of nitrogens with zero attached hydrogens (tertiary/aromatic N) is 1. The molecule has 0 radical (unpaired) electrons. The van der Waals surface area contributed by atoms with Crippen LogP contribution in [0.2, 0.25) is 0 Å². The molecule has 3 nitrogen and oxygen atoms in total. The third-order valence-electron chi connectivity index (χ3n) is 3.17. The van der Waals surface area contributed by atoms with Crippen LogP contribution in [0.1, 0.15) is 38.1 Å². The zero-order chi connectivity index (χ0) is 14.4. The Morgan fingerprint density at radius 2 is 2.11 bits per heavy atom. The van der Waals surface area contributed by atoms with Crippen molar-refractivity contribution in [2.75, 3.05) is 12.0 Å². The molecule has 0 saturated carbocycles. The first kappa shape index (κ1) is 16.0. The molecule has 0 aromatic carbocycles. The average molecular weight is 280 g/mol. The number of aromatic nitrogens is 1. The standard InChI is InChI=1S/C15H24N2OS/c1-10(2)13(14-11(3)7-6-8-16-14)17-15(18)12(4)9-19-5/h6-8,10,12-13H,9H2,1-5H3,(H,17,18)/t12-,13+/m0/s1. The Balaban J connectivity index is 2.86. The molecule has 0 aliphatic heterocycles. The third-order valence-corrected chi connectivity index (χ3v) is 4.01. The number of pyridine rings is 1. The zero-order valence-electron chi connectivity index (χ0n) is 12.4. The normalized spacial score (nSPS) is 14.2. The maximum absolute atomic E-state index is 12.2. The Morgan fingerprint density at radius 3 is 2.63 bits per heavy atom. The van der Waals surface area contributed by atoms with Crippen molar-refractivity contribution in [2.45, 2.75) is 33.7 Å². The smallest absolute Gasteiger partial charge is 0.224 e. The first-order valence-electron chi connectivity index (χ1n) is 6.68. The van der Waals surface area contributed by atoms with Gasteiger partial charge in [0, 0.05) is 17.9 Å². The van der Waals surface area contributed by atoms with E-state index in [1.54, 1.807) is 18.0 Å². The van der Waals surface area contributed by atoms with Crippen molar-refractivity contribution in [3.8, 4) is 0 Å². The number of hydrogen-bond acceptors (Lipinski definition) is 3. The van der Waals surface area contributed by atoms with Gasteiger partial charge >= 0.3 is 0 Å². The molecule has 0 aliphatic rings. The van der Waals surface area contributed by atoms with Gasteiger partial charge in [0.1, 0.15) is 0 Å². The molecule has 106 valence electrons. The van der Waals surface area contributed by atoms with E-state index in [1.165, 1.54) is 0 Å². The van der Waals surface area contributed by atoms with Gasteiger partial charge in [0.25, 0.3) is 0 Å². The highest BCUT2D eigenvalue weighted by molar-refractivity contribution is 7.98. The number of rotatable bonds is 6. The molecule has 2 atom stereocenters. The quantitative estimate of drug-likeness (QED) is 0.870. The van der Waals surface area contributed by atoms with Crippen molar-refractivity contribution >= 4 is 17.7 Å². The van der Waals surface area contributed by atoms with E-state index in [4.69, 9.17) is 0 Å². The van der Waals surface area contributed by atoms with Crippen LogP contribution in [0.5, 0.6) is 0 Å². The molecule has 1 aromatic heterocycles. The summed E-state index contributed by atoms with van der Waals surface area (Å²) in [6.07, 6.45) is 3.81. The molecule has 1 amide bonds. The number of hydrogen-bond donors (Lipinski definition) is 1. The molecular formula is C15H24N2OS. The fraction of sp³-hybridized carbons (Fsp3) is 0.600. The van der Waals surface area contributed by atoms with Crippen molar-refractivity contribution in [3.05, 3.63) is 29.6 Å². The van der Waals surface area contributed by atoms with Gasteiger partial charge in [-0.15, -0.1) is 0 Å². The maximum Gasteiger partial charge on any atom is 0.224 e. The molecule has 0 fully saturated rings. The third kappa shape index (κ3) is 4.53. The van der Waals surface area contributed by atoms with Crippen LogP contribution in [0.25, 0.3) is 0 Å². The molecule has 0 saturated heterocycles. The van der Waals surface area contributed by atoms with Crippen LogP contribution < -0.4 is 5.32 Å². The second kappa shape index (κ2) is 7.53. The van der Waals surface area contributed by atoms with Crippen LogP contribution in [0.4, 0.5) is 0 Å². The highest BCUT2D eigenvalue weighted by atomic mass is 32.2. The molecule has 19 heavy (non-hydrogen) atoms. The highest BCUT2D eigenvalue weighted by Crippen LogP contribution is 2.23. The van der Waals surface area contributed by atoms with Crippen molar-refractivity contribution in [1.82, 2.24) is 10.3 Å². The number of aryl methyl sites for hydroxylation is 1. The van der Waals surface area contributed by atoms with E-state index >= 15 is 0 Å². The van der Waals surface area contributed by atoms with Crippen molar-refractivity contribution in [1.29, 1.82) is 0 Å². The summed E-state index contributed by atoms with van der Waals surface area (Å²) in [5, 5.41) is 3.14. The molecule has 4 heteroatoms. The van der Waals surface area contributed by atoms with E-state index in [0.717, 1.165) is 17.0 Å². The lowest BCUT2D eigenvalue weighted by Gasteiger charge is -2.25. The molecule has 1 N–H and O–H groups in total. The number of carbonyl (C=O) groups is 1. The zero-order valence-corrected chi connectivity index (χ0v) is 13.3. The summed E-state index contributed by atoms with van der Waals surface area (Å²) in [5.74, 6) is 1.30. The predicted molar refractivity (Wildman–Crippen MR) is 82.2 cm³/mol. The summed E-state index contributed by atoms with van der Waals surface area (Å²) >= 11 is 1.70. The Kier molecular flexibility index (Phi) is 6.35. The van der Waals surface area contributed by atoms with Crippen LogP contribution in [-0.2, 0) is 4.79 Å². The molecule has 0 unspecified atom stereocenters. The van der Waals surface area contributed by atoms with Gasteiger partial charge in [0.05, 0.1) is 11.7 Å². The molecule has 1 heterocycles. The molecule has 0 bridgehead atoms. The second-order valence-electron chi connectivity index (χ2n) is 5.29. The molecule has 1 rings (SSSR count). The first-order valence-corrected chi connectivity index (χ1v) is 8.07. The number of amides is 1. The van der Waals surface area contributed by atoms with E-state index in [-0.39, 0.29) is 17.9 Å². The summed E-state index contributed by atoms with van der Waals surface area (Å²) in [7, 11) is 0. The van der Waals surface area contributed by atoms with E-state index in [0.29, 0.717) is 5.92 Å². The Bertz CT molecular complexity index is 420. The second-order valence-corrected chi connectivity index (χ2v) is 6.20. The van der Waals surface area contributed by atoms with Gasteiger partial charge in [0.15, 0.2) is 0 Å². The van der Waals surface area contributed by atoms with Crippen molar-refractivity contribution in [2.24, 2.45) is 11.8 Å². The topological polar surface area (TPSA) is 42.0 Å². The Morgan fingerprint density at radius 1 is 1.42 bits per heavy atom. The Hall–Kier alpha value is -1.03. The molecular weight excluding hydrogens is 256 g/mol. The largest absolute Gasteiger partial charge is 0.347 e. The lowest BCUT2D eigenvalue weighted by Crippen LogP contribution is -2.36. The van der Waals surface area contributed by atoms with E-state index < -0.39 is 0 Å². The number of thioether (sulfide) groups is 1. The van der Waals surface area contributed by atoms with Crippen LogP contribution in [0.15, 0.2) is 18.3 Å². The first-order chi connectivity index (χ1) is 8.97. The van der Waals surface area contributed by atoms with Gasteiger partial charge in [0.2, 0.25) is 5.91 Å². The lowest BCUT2D eigenvalue weighted by atomic mass is 9.96. The average Bonchev–Trinajstić information content (AvgIpc) is 2.36. The lowest BCUT2D eigenvalue weighted by molar-refractivity contribution is -0.125. The number of carbonyl (C=O) groups excluding carboxylic acids is 1. The maximum atomic E-state index is 12.2. The summed E-state index contributed by atoms with van der Waals surface area (Å²) in [6.45, 7) is 8.22. The van der Waals surface area contributed by atoms with Gasteiger partial charge in [-0.05, 0) is 30.7 Å². The summed E-state index contributed by atoms with van der Waals surface area (Å²) in [4.78, 5) is 16.6. The summed E-state index contributed by atoms with van der Waals surface area (Å²) in [6, 6.07) is 3.95. The van der Waals surface area contributed by atoms with Gasteiger partial charge in [-0.3, -0.25) is 9.78 Å². The number of nitrogens with one attached hydrogen (secondary N) is 1. The van der Waals surface area contributed by atoms with Gasteiger partial charge < -0.3 is 5.32 Å². The summed E-state index contributed by atoms with van der Waals surface area (Å²) < 4.78 is 0. The predicted octanol–water partition coefficient (Wildman–Crippen LogP) is 3.20. The fourth-order valence-electron chi connectivity index (χ4n) is 2.00. The van der Waals surface area contributed by atoms with Crippen LogP contribution in [0.3, 0.4) is 0 Å². The molecule has 0 spiro atoms. The van der Waals surface area contributed by atoms with E-state index in [1.807, 2.05) is 32.2 Å². The minimum absolute atomic E-state index is 0.0157. The van der Waals surface area contributed by atoms with Crippen LogP contribution in [-0.4, -0.2) is 22.9 Å². The van der Waals surface area contributed by atoms with E-state index in [9.17, 15) is 4.79 Å². The van der Waals surface area contributed by atoms with Gasteiger partial charge in [-0.1, -0.05) is 26.8 Å². The molecule has 1 aromatic rings. The minimum atomic E-state index is -0.0157. The minimum Gasteiger partial charge on any atom is -0.347 e.